The Hall–Kier alpha value is -2.35. The van der Waals surface area contributed by atoms with Gasteiger partial charge in [-0.05, 0) is 30.7 Å². The highest BCUT2D eigenvalue weighted by Gasteiger charge is 2.06. The van der Waals surface area contributed by atoms with E-state index in [1.165, 1.54) is 6.07 Å². The van der Waals surface area contributed by atoms with Gasteiger partial charge in [-0.15, -0.1) is 0 Å². The minimum Gasteiger partial charge on any atom is -0.377 e. The summed E-state index contributed by atoms with van der Waals surface area (Å²) in [6.45, 7) is 2.53. The highest BCUT2D eigenvalue weighted by Crippen LogP contribution is 2.16. The molecule has 2 aromatic rings. The number of benzene rings is 1. The summed E-state index contributed by atoms with van der Waals surface area (Å²) in [4.78, 5) is 0. The number of halogens is 1. The first-order valence-electron chi connectivity index (χ1n) is 6.09. The molecule has 0 atom stereocenters. The zero-order chi connectivity index (χ0) is 13.8. The normalized spacial score (nSPS) is 10.2. The largest absolute Gasteiger partial charge is 0.377 e. The predicted molar refractivity (Wildman–Crippen MR) is 71.0 cm³/mol. The van der Waals surface area contributed by atoms with E-state index in [2.05, 4.69) is 10.4 Å². The van der Waals surface area contributed by atoms with Crippen LogP contribution in [0.2, 0.25) is 0 Å². The molecule has 1 aromatic carbocycles. The Morgan fingerprint density at radius 2 is 2.21 bits per heavy atom. The van der Waals surface area contributed by atoms with Crippen LogP contribution >= 0.6 is 0 Å². The molecule has 1 heterocycles. The van der Waals surface area contributed by atoms with Gasteiger partial charge >= 0.3 is 0 Å². The van der Waals surface area contributed by atoms with Crippen molar-refractivity contribution in [3.63, 3.8) is 0 Å². The fraction of sp³-hybridized carbons (Fsp3) is 0.286. The molecule has 0 aliphatic rings. The second kappa shape index (κ2) is 5.53. The SMILES string of the molecule is CCc1cc(CNc2ccc(C#N)cc2F)n(C)n1. The summed E-state index contributed by atoms with van der Waals surface area (Å²) in [5.41, 5.74) is 2.70. The first-order chi connectivity index (χ1) is 9.13. The summed E-state index contributed by atoms with van der Waals surface area (Å²) >= 11 is 0. The van der Waals surface area contributed by atoms with Gasteiger partial charge in [-0.3, -0.25) is 4.68 Å². The maximum atomic E-state index is 13.7. The van der Waals surface area contributed by atoms with Gasteiger partial charge in [0.15, 0.2) is 0 Å². The number of aryl methyl sites for hydroxylation is 2. The molecule has 0 saturated carbocycles. The molecule has 0 radical (unpaired) electrons. The Kier molecular flexibility index (Phi) is 3.81. The molecular weight excluding hydrogens is 243 g/mol. The molecule has 0 fully saturated rings. The van der Waals surface area contributed by atoms with Crippen molar-refractivity contribution in [3.05, 3.63) is 47.0 Å². The maximum Gasteiger partial charge on any atom is 0.147 e. The van der Waals surface area contributed by atoms with Crippen molar-refractivity contribution < 1.29 is 4.39 Å². The van der Waals surface area contributed by atoms with E-state index in [1.807, 2.05) is 26.1 Å². The lowest BCUT2D eigenvalue weighted by Gasteiger charge is -2.07. The topological polar surface area (TPSA) is 53.6 Å². The van der Waals surface area contributed by atoms with Gasteiger partial charge in [0.2, 0.25) is 0 Å². The highest BCUT2D eigenvalue weighted by atomic mass is 19.1. The average molecular weight is 258 g/mol. The summed E-state index contributed by atoms with van der Waals surface area (Å²) in [7, 11) is 1.87. The fourth-order valence-electron chi connectivity index (χ4n) is 1.82. The lowest BCUT2D eigenvalue weighted by Crippen LogP contribution is -2.06. The summed E-state index contributed by atoms with van der Waals surface area (Å²) in [6.07, 6.45) is 0.874. The summed E-state index contributed by atoms with van der Waals surface area (Å²) in [6, 6.07) is 8.29. The third kappa shape index (κ3) is 2.91. The molecule has 0 saturated heterocycles. The predicted octanol–water partition coefficient (Wildman–Crippen LogP) is 2.61. The van der Waals surface area contributed by atoms with Gasteiger partial charge in [0.1, 0.15) is 5.82 Å². The van der Waals surface area contributed by atoms with Crippen LogP contribution in [0.3, 0.4) is 0 Å². The number of rotatable bonds is 4. The van der Waals surface area contributed by atoms with Gasteiger partial charge in [0.05, 0.1) is 35.3 Å². The Bertz CT molecular complexity index is 625. The molecule has 0 bridgehead atoms. The Morgan fingerprint density at radius 1 is 1.42 bits per heavy atom. The zero-order valence-corrected chi connectivity index (χ0v) is 10.9. The van der Waals surface area contributed by atoms with Crippen molar-refractivity contribution in [1.29, 1.82) is 5.26 Å². The average Bonchev–Trinajstić information content (AvgIpc) is 2.78. The lowest BCUT2D eigenvalue weighted by atomic mass is 10.2. The van der Waals surface area contributed by atoms with Crippen molar-refractivity contribution in [2.45, 2.75) is 19.9 Å². The Balaban J connectivity index is 2.10. The number of hydrogen-bond acceptors (Lipinski definition) is 3. The molecule has 4 nitrogen and oxygen atoms in total. The van der Waals surface area contributed by atoms with Crippen molar-refractivity contribution >= 4 is 5.69 Å². The van der Waals surface area contributed by atoms with Gasteiger partial charge in [0, 0.05) is 7.05 Å². The number of nitriles is 1. The van der Waals surface area contributed by atoms with Crippen LogP contribution in [0.4, 0.5) is 10.1 Å². The standard InChI is InChI=1S/C14H15FN4/c1-3-11-7-12(19(2)18-11)9-17-14-5-4-10(8-16)6-13(14)15/h4-7,17H,3,9H2,1-2H3. The van der Waals surface area contributed by atoms with E-state index in [-0.39, 0.29) is 0 Å². The van der Waals surface area contributed by atoms with Crippen LogP contribution in [-0.2, 0) is 20.0 Å². The van der Waals surface area contributed by atoms with Crippen LogP contribution in [0.15, 0.2) is 24.3 Å². The molecule has 98 valence electrons. The van der Waals surface area contributed by atoms with Crippen molar-refractivity contribution in [3.8, 4) is 6.07 Å². The molecule has 2 rings (SSSR count). The van der Waals surface area contributed by atoms with Crippen LogP contribution in [0.5, 0.6) is 0 Å². The van der Waals surface area contributed by atoms with E-state index in [4.69, 9.17) is 5.26 Å². The van der Waals surface area contributed by atoms with Crippen LogP contribution < -0.4 is 5.32 Å². The Morgan fingerprint density at radius 3 is 2.79 bits per heavy atom. The molecule has 1 N–H and O–H groups in total. The Labute approximate surface area is 111 Å². The van der Waals surface area contributed by atoms with Gasteiger partial charge < -0.3 is 5.32 Å². The van der Waals surface area contributed by atoms with E-state index in [1.54, 1.807) is 16.8 Å². The maximum absolute atomic E-state index is 13.7. The van der Waals surface area contributed by atoms with E-state index in [0.29, 0.717) is 17.8 Å². The monoisotopic (exact) mass is 258 g/mol. The number of aromatic nitrogens is 2. The number of nitrogens with zero attached hydrogens (tertiary/aromatic N) is 3. The van der Waals surface area contributed by atoms with E-state index < -0.39 is 5.82 Å². The molecule has 0 spiro atoms. The van der Waals surface area contributed by atoms with Crippen molar-refractivity contribution in [2.24, 2.45) is 7.05 Å². The number of hydrogen-bond donors (Lipinski definition) is 1. The smallest absolute Gasteiger partial charge is 0.147 e. The fourth-order valence-corrected chi connectivity index (χ4v) is 1.82. The second-order valence-corrected chi connectivity index (χ2v) is 4.26. The van der Waals surface area contributed by atoms with Crippen LogP contribution in [0, 0.1) is 17.1 Å². The summed E-state index contributed by atoms with van der Waals surface area (Å²) in [5, 5.41) is 16.0. The van der Waals surface area contributed by atoms with Crippen LogP contribution in [-0.4, -0.2) is 9.78 Å². The van der Waals surface area contributed by atoms with Crippen molar-refractivity contribution in [2.75, 3.05) is 5.32 Å². The van der Waals surface area contributed by atoms with Crippen LogP contribution in [0.25, 0.3) is 0 Å². The minimum atomic E-state index is -0.420. The summed E-state index contributed by atoms with van der Waals surface area (Å²) < 4.78 is 15.5. The minimum absolute atomic E-state index is 0.317. The molecule has 0 aliphatic heterocycles. The first kappa shape index (κ1) is 13.1. The first-order valence-corrected chi connectivity index (χ1v) is 6.09. The number of anilines is 1. The molecular formula is C14H15FN4. The molecule has 0 aliphatic carbocycles. The lowest BCUT2D eigenvalue weighted by molar-refractivity contribution is 0.628. The third-order valence-electron chi connectivity index (χ3n) is 2.95. The molecule has 19 heavy (non-hydrogen) atoms. The summed E-state index contributed by atoms with van der Waals surface area (Å²) in [5.74, 6) is -0.420. The highest BCUT2D eigenvalue weighted by molar-refractivity contribution is 5.48. The van der Waals surface area contributed by atoms with Crippen LogP contribution in [0.1, 0.15) is 23.9 Å². The molecule has 1 aromatic heterocycles. The van der Waals surface area contributed by atoms with E-state index in [0.717, 1.165) is 17.8 Å². The van der Waals surface area contributed by atoms with Crippen molar-refractivity contribution in [1.82, 2.24) is 9.78 Å². The zero-order valence-electron chi connectivity index (χ0n) is 10.9. The quantitative estimate of drug-likeness (QED) is 0.917. The van der Waals surface area contributed by atoms with Gasteiger partial charge in [-0.2, -0.15) is 10.4 Å². The van der Waals surface area contributed by atoms with E-state index in [9.17, 15) is 4.39 Å². The van der Waals surface area contributed by atoms with E-state index >= 15 is 0 Å². The molecule has 5 heteroatoms. The second-order valence-electron chi connectivity index (χ2n) is 4.26. The van der Waals surface area contributed by atoms with Gasteiger partial charge in [0.25, 0.3) is 0 Å². The molecule has 0 amide bonds. The van der Waals surface area contributed by atoms with Gasteiger partial charge in [-0.1, -0.05) is 6.92 Å². The molecule has 0 unspecified atom stereocenters. The number of nitrogens with one attached hydrogen (secondary N) is 1. The van der Waals surface area contributed by atoms with Gasteiger partial charge in [-0.25, -0.2) is 4.39 Å². The third-order valence-corrected chi connectivity index (χ3v) is 2.95.